The van der Waals surface area contributed by atoms with Crippen LogP contribution in [-0.2, 0) is 0 Å². The van der Waals surface area contributed by atoms with Crippen LogP contribution in [0.1, 0.15) is 58.8 Å². The van der Waals surface area contributed by atoms with Gasteiger partial charge in [0.05, 0.1) is 0 Å². The monoisotopic (exact) mass is 240 g/mol. The molecule has 0 heterocycles. The number of rotatable bonds is 8. The number of nitrogens with zero attached hydrogens (tertiary/aromatic N) is 1. The predicted molar refractivity (Wildman–Crippen MR) is 76.4 cm³/mol. The second kappa shape index (κ2) is 8.93. The zero-order valence-corrected chi connectivity index (χ0v) is 12.2. The maximum atomic E-state index is 3.48. The summed E-state index contributed by atoms with van der Waals surface area (Å²) in [7, 11) is 2.30. The first kappa shape index (κ1) is 15.0. The van der Waals surface area contributed by atoms with Crippen molar-refractivity contribution in [1.29, 1.82) is 0 Å². The molecule has 0 unspecified atom stereocenters. The third-order valence-electron chi connectivity index (χ3n) is 3.81. The fourth-order valence-corrected chi connectivity index (χ4v) is 2.80. The molecule has 2 nitrogen and oxygen atoms in total. The summed E-state index contributed by atoms with van der Waals surface area (Å²) in [5.41, 5.74) is 0. The highest BCUT2D eigenvalue weighted by Crippen LogP contribution is 2.24. The topological polar surface area (TPSA) is 15.3 Å². The van der Waals surface area contributed by atoms with Gasteiger partial charge in [-0.25, -0.2) is 0 Å². The molecule has 0 spiro atoms. The summed E-state index contributed by atoms with van der Waals surface area (Å²) < 4.78 is 0. The van der Waals surface area contributed by atoms with E-state index in [1.807, 2.05) is 0 Å². The number of unbranched alkanes of at least 4 members (excludes halogenated alkanes) is 1. The average Bonchev–Trinajstić information content (AvgIpc) is 2.29. The van der Waals surface area contributed by atoms with Gasteiger partial charge >= 0.3 is 0 Å². The summed E-state index contributed by atoms with van der Waals surface area (Å²) >= 11 is 0. The first-order valence-corrected chi connectivity index (χ1v) is 7.60. The Bertz CT molecular complexity index is 174. The van der Waals surface area contributed by atoms with Gasteiger partial charge in [-0.3, -0.25) is 0 Å². The molecule has 0 atom stereocenters. The maximum absolute atomic E-state index is 3.48. The Morgan fingerprint density at radius 1 is 1.12 bits per heavy atom. The molecule has 1 fully saturated rings. The molecule has 1 N–H and O–H groups in total. The van der Waals surface area contributed by atoms with Gasteiger partial charge in [0, 0.05) is 12.6 Å². The molecule has 0 radical (unpaired) electrons. The second-order valence-electron chi connectivity index (χ2n) is 6.08. The van der Waals surface area contributed by atoms with E-state index in [1.54, 1.807) is 0 Å². The van der Waals surface area contributed by atoms with E-state index in [-0.39, 0.29) is 0 Å². The molecule has 1 saturated carbocycles. The van der Waals surface area contributed by atoms with Crippen LogP contribution in [0.4, 0.5) is 0 Å². The van der Waals surface area contributed by atoms with Gasteiger partial charge in [0.2, 0.25) is 0 Å². The highest BCUT2D eigenvalue weighted by molar-refractivity contribution is 4.69. The molecule has 2 heteroatoms. The van der Waals surface area contributed by atoms with Crippen molar-refractivity contribution in [2.75, 3.05) is 26.7 Å². The number of hydrogen-bond acceptors (Lipinski definition) is 2. The minimum absolute atomic E-state index is 0.634. The summed E-state index contributed by atoms with van der Waals surface area (Å²) in [5, 5.41) is 3.48. The van der Waals surface area contributed by atoms with Crippen molar-refractivity contribution in [3.8, 4) is 0 Å². The van der Waals surface area contributed by atoms with Gasteiger partial charge in [-0.1, -0.05) is 33.1 Å². The molecule has 0 aromatic heterocycles. The van der Waals surface area contributed by atoms with Gasteiger partial charge in [-0.15, -0.1) is 0 Å². The highest BCUT2D eigenvalue weighted by atomic mass is 15.1. The van der Waals surface area contributed by atoms with Crippen LogP contribution in [0.5, 0.6) is 0 Å². The molecule has 102 valence electrons. The molecule has 1 aliphatic carbocycles. The van der Waals surface area contributed by atoms with E-state index in [4.69, 9.17) is 0 Å². The van der Waals surface area contributed by atoms with Crippen LogP contribution in [0.25, 0.3) is 0 Å². The normalized spacial score (nSPS) is 18.2. The van der Waals surface area contributed by atoms with E-state index in [1.165, 1.54) is 64.6 Å². The molecule has 0 saturated heterocycles. The fourth-order valence-electron chi connectivity index (χ4n) is 2.80. The Morgan fingerprint density at radius 2 is 1.82 bits per heavy atom. The van der Waals surface area contributed by atoms with Crippen LogP contribution < -0.4 is 5.32 Å². The molecule has 0 amide bonds. The van der Waals surface area contributed by atoms with Crippen LogP contribution in [0.15, 0.2) is 0 Å². The predicted octanol–water partition coefficient (Wildman–Crippen LogP) is 3.28. The quantitative estimate of drug-likeness (QED) is 0.655. The summed E-state index contributed by atoms with van der Waals surface area (Å²) in [4.78, 5) is 2.55. The first-order chi connectivity index (χ1) is 8.18. The first-order valence-electron chi connectivity index (χ1n) is 7.60. The molecular formula is C15H32N2. The lowest BCUT2D eigenvalue weighted by Crippen LogP contribution is -2.29. The minimum atomic E-state index is 0.634. The summed E-state index contributed by atoms with van der Waals surface area (Å²) in [6.07, 6.45) is 10.0. The zero-order valence-electron chi connectivity index (χ0n) is 12.2. The molecule has 0 aromatic rings. The molecule has 0 bridgehead atoms. The third-order valence-corrected chi connectivity index (χ3v) is 3.81. The van der Waals surface area contributed by atoms with Gasteiger partial charge in [-0.2, -0.15) is 0 Å². The molecule has 17 heavy (non-hydrogen) atoms. The second-order valence-corrected chi connectivity index (χ2v) is 6.08. The Kier molecular flexibility index (Phi) is 7.87. The van der Waals surface area contributed by atoms with Crippen molar-refractivity contribution in [3.05, 3.63) is 0 Å². The Labute approximate surface area is 108 Å². The lowest BCUT2D eigenvalue weighted by molar-refractivity contribution is 0.230. The van der Waals surface area contributed by atoms with Crippen molar-refractivity contribution in [1.82, 2.24) is 10.2 Å². The Morgan fingerprint density at radius 3 is 2.47 bits per heavy atom. The van der Waals surface area contributed by atoms with E-state index >= 15 is 0 Å². The standard InChI is InChI=1S/C15H32N2/c1-14(2)16-11-7-8-12-17(3)13-15-9-5-4-6-10-15/h14-16H,4-13H2,1-3H3. The maximum Gasteiger partial charge on any atom is 0.00103 e. The van der Waals surface area contributed by atoms with E-state index in [2.05, 4.69) is 31.1 Å². The third kappa shape index (κ3) is 7.77. The van der Waals surface area contributed by atoms with Gasteiger partial charge in [0.1, 0.15) is 0 Å². The van der Waals surface area contributed by atoms with Crippen LogP contribution in [-0.4, -0.2) is 37.6 Å². The lowest BCUT2D eigenvalue weighted by Gasteiger charge is -2.27. The smallest absolute Gasteiger partial charge is 0.00103 e. The number of hydrogen-bond donors (Lipinski definition) is 1. The largest absolute Gasteiger partial charge is 0.315 e. The molecule has 1 rings (SSSR count). The number of nitrogens with one attached hydrogen (secondary N) is 1. The average molecular weight is 240 g/mol. The van der Waals surface area contributed by atoms with Crippen molar-refractivity contribution in [2.24, 2.45) is 5.92 Å². The zero-order chi connectivity index (χ0) is 12.5. The van der Waals surface area contributed by atoms with Crippen molar-refractivity contribution in [3.63, 3.8) is 0 Å². The van der Waals surface area contributed by atoms with Gasteiger partial charge in [0.15, 0.2) is 0 Å². The summed E-state index contributed by atoms with van der Waals surface area (Å²) in [6, 6.07) is 0.634. The van der Waals surface area contributed by atoms with Crippen LogP contribution >= 0.6 is 0 Å². The van der Waals surface area contributed by atoms with E-state index in [9.17, 15) is 0 Å². The molecule has 1 aliphatic rings. The van der Waals surface area contributed by atoms with Gasteiger partial charge in [0.25, 0.3) is 0 Å². The van der Waals surface area contributed by atoms with Crippen molar-refractivity contribution < 1.29 is 0 Å². The van der Waals surface area contributed by atoms with Crippen LogP contribution in [0.2, 0.25) is 0 Å². The van der Waals surface area contributed by atoms with Gasteiger partial charge < -0.3 is 10.2 Å². The highest BCUT2D eigenvalue weighted by Gasteiger charge is 2.14. The molecular weight excluding hydrogens is 208 g/mol. The lowest BCUT2D eigenvalue weighted by atomic mass is 9.89. The van der Waals surface area contributed by atoms with Crippen LogP contribution in [0.3, 0.4) is 0 Å². The fraction of sp³-hybridized carbons (Fsp3) is 1.00. The molecule has 0 aromatic carbocycles. The Hall–Kier alpha value is -0.0800. The van der Waals surface area contributed by atoms with Crippen molar-refractivity contribution >= 4 is 0 Å². The van der Waals surface area contributed by atoms with Crippen molar-refractivity contribution in [2.45, 2.75) is 64.8 Å². The Balaban J connectivity index is 1.95. The minimum Gasteiger partial charge on any atom is -0.315 e. The SMILES string of the molecule is CC(C)NCCCCN(C)CC1CCCCC1. The van der Waals surface area contributed by atoms with E-state index in [0.29, 0.717) is 6.04 Å². The van der Waals surface area contributed by atoms with Crippen LogP contribution in [0, 0.1) is 5.92 Å². The van der Waals surface area contributed by atoms with Gasteiger partial charge in [-0.05, 0) is 51.7 Å². The summed E-state index contributed by atoms with van der Waals surface area (Å²) in [5.74, 6) is 0.988. The van der Waals surface area contributed by atoms with E-state index in [0.717, 1.165) is 5.92 Å². The van der Waals surface area contributed by atoms with E-state index < -0.39 is 0 Å². The molecule has 0 aliphatic heterocycles. The summed E-state index contributed by atoms with van der Waals surface area (Å²) in [6.45, 7) is 8.22.